The summed E-state index contributed by atoms with van der Waals surface area (Å²) in [5.74, 6) is 0.842. The van der Waals surface area contributed by atoms with Crippen molar-refractivity contribution in [1.29, 1.82) is 0 Å². The standard InChI is InChI=1S/C22H36N2O3/c1-2-3-4-5-9-18-26-21-13-11-20(12-14-21)23-22(25)27-19-10-17-24-15-7-6-8-16-24/h11-14H,2-10,15-19H2,1H3,(H,23,25)/p+1. The second-order valence-corrected chi connectivity index (χ2v) is 7.46. The third kappa shape index (κ3) is 9.66. The first-order valence-corrected chi connectivity index (χ1v) is 10.8. The highest BCUT2D eigenvalue weighted by Gasteiger charge is 2.13. The van der Waals surface area contributed by atoms with Gasteiger partial charge in [0.15, 0.2) is 0 Å². The number of hydrogen-bond acceptors (Lipinski definition) is 3. The van der Waals surface area contributed by atoms with E-state index in [1.165, 1.54) is 58.0 Å². The van der Waals surface area contributed by atoms with E-state index in [-0.39, 0.29) is 6.09 Å². The number of carbonyl (C=O) groups excluding carboxylic acids is 1. The van der Waals surface area contributed by atoms with Crippen molar-refractivity contribution in [2.75, 3.05) is 38.2 Å². The molecule has 5 heteroatoms. The summed E-state index contributed by atoms with van der Waals surface area (Å²) in [6.07, 6.45) is 10.7. The number of anilines is 1. The first-order valence-electron chi connectivity index (χ1n) is 10.8. The van der Waals surface area contributed by atoms with E-state index in [4.69, 9.17) is 9.47 Å². The number of likely N-dealkylation sites (tertiary alicyclic amines) is 1. The number of amides is 1. The lowest BCUT2D eigenvalue weighted by Crippen LogP contribution is -3.12. The van der Waals surface area contributed by atoms with Crippen LogP contribution in [0.1, 0.15) is 64.7 Å². The maximum Gasteiger partial charge on any atom is 0.411 e. The Morgan fingerprint density at radius 3 is 2.44 bits per heavy atom. The van der Waals surface area contributed by atoms with Crippen LogP contribution in [0.3, 0.4) is 0 Å². The van der Waals surface area contributed by atoms with Crippen LogP contribution in [0.25, 0.3) is 0 Å². The molecule has 2 N–H and O–H groups in total. The van der Waals surface area contributed by atoms with Crippen LogP contribution in [0.2, 0.25) is 0 Å². The minimum Gasteiger partial charge on any atom is -0.494 e. The van der Waals surface area contributed by atoms with Crippen molar-refractivity contribution in [2.24, 2.45) is 0 Å². The summed E-state index contributed by atoms with van der Waals surface area (Å²) in [7, 11) is 0. The summed E-state index contributed by atoms with van der Waals surface area (Å²) in [6.45, 7) is 7.07. The Balaban J connectivity index is 1.54. The molecule has 1 heterocycles. The summed E-state index contributed by atoms with van der Waals surface area (Å²) < 4.78 is 11.0. The molecule has 27 heavy (non-hydrogen) atoms. The first kappa shape index (κ1) is 21.5. The van der Waals surface area contributed by atoms with Gasteiger partial charge in [0.1, 0.15) is 5.75 Å². The van der Waals surface area contributed by atoms with Crippen molar-refractivity contribution >= 4 is 11.8 Å². The molecule has 0 atom stereocenters. The van der Waals surface area contributed by atoms with Gasteiger partial charge in [0, 0.05) is 12.1 Å². The van der Waals surface area contributed by atoms with Crippen molar-refractivity contribution in [3.63, 3.8) is 0 Å². The highest BCUT2D eigenvalue weighted by Crippen LogP contribution is 2.16. The van der Waals surface area contributed by atoms with Crippen LogP contribution in [0.4, 0.5) is 10.5 Å². The average Bonchev–Trinajstić information content (AvgIpc) is 2.70. The summed E-state index contributed by atoms with van der Waals surface area (Å²) in [6, 6.07) is 7.49. The Morgan fingerprint density at radius 2 is 1.70 bits per heavy atom. The average molecular weight is 378 g/mol. The van der Waals surface area contributed by atoms with Gasteiger partial charge in [0.2, 0.25) is 0 Å². The third-order valence-corrected chi connectivity index (χ3v) is 5.09. The Morgan fingerprint density at radius 1 is 0.963 bits per heavy atom. The quantitative estimate of drug-likeness (QED) is 0.541. The molecule has 1 aliphatic heterocycles. The van der Waals surface area contributed by atoms with Gasteiger partial charge in [-0.1, -0.05) is 32.6 Å². The van der Waals surface area contributed by atoms with E-state index >= 15 is 0 Å². The van der Waals surface area contributed by atoms with E-state index in [1.54, 1.807) is 4.90 Å². The molecule has 1 fully saturated rings. The summed E-state index contributed by atoms with van der Waals surface area (Å²) in [5.41, 5.74) is 0.733. The zero-order chi connectivity index (χ0) is 19.2. The zero-order valence-corrected chi connectivity index (χ0v) is 16.9. The molecule has 0 aromatic heterocycles. The number of carbonyl (C=O) groups is 1. The maximum atomic E-state index is 11.9. The molecule has 0 radical (unpaired) electrons. The molecule has 1 aliphatic rings. The Bertz CT molecular complexity index is 513. The molecule has 1 amide bonds. The largest absolute Gasteiger partial charge is 0.494 e. The lowest BCUT2D eigenvalue weighted by molar-refractivity contribution is -0.905. The predicted molar refractivity (Wildman–Crippen MR) is 110 cm³/mol. The molecule has 0 spiro atoms. The van der Waals surface area contributed by atoms with Gasteiger partial charge < -0.3 is 14.4 Å². The molecule has 0 bridgehead atoms. The molecule has 0 unspecified atom stereocenters. The smallest absolute Gasteiger partial charge is 0.411 e. The molecule has 5 nitrogen and oxygen atoms in total. The summed E-state index contributed by atoms with van der Waals surface area (Å²) in [4.78, 5) is 13.5. The number of nitrogens with one attached hydrogen (secondary N) is 2. The van der Waals surface area contributed by atoms with Crippen LogP contribution in [0, 0.1) is 0 Å². The summed E-state index contributed by atoms with van der Waals surface area (Å²) >= 11 is 0. The number of quaternary nitrogens is 1. The minimum absolute atomic E-state index is 0.381. The number of piperidine rings is 1. The number of rotatable bonds is 12. The van der Waals surface area contributed by atoms with Crippen LogP contribution in [0.15, 0.2) is 24.3 Å². The van der Waals surface area contributed by atoms with Gasteiger partial charge in [0.25, 0.3) is 0 Å². The fraction of sp³-hybridized carbons (Fsp3) is 0.682. The monoisotopic (exact) mass is 377 g/mol. The van der Waals surface area contributed by atoms with Crippen molar-refractivity contribution in [1.82, 2.24) is 0 Å². The van der Waals surface area contributed by atoms with Gasteiger partial charge in [-0.05, 0) is 49.9 Å². The summed E-state index contributed by atoms with van der Waals surface area (Å²) in [5, 5.41) is 2.77. The van der Waals surface area contributed by atoms with E-state index in [0.717, 1.165) is 37.4 Å². The van der Waals surface area contributed by atoms with Crippen molar-refractivity contribution < 1.29 is 19.2 Å². The third-order valence-electron chi connectivity index (χ3n) is 5.09. The van der Waals surface area contributed by atoms with Crippen LogP contribution < -0.4 is 15.0 Å². The lowest BCUT2D eigenvalue weighted by Gasteiger charge is -2.23. The van der Waals surface area contributed by atoms with Gasteiger partial charge >= 0.3 is 6.09 Å². The van der Waals surface area contributed by atoms with Crippen molar-refractivity contribution in [3.8, 4) is 5.75 Å². The van der Waals surface area contributed by atoms with Gasteiger partial charge in [-0.3, -0.25) is 5.32 Å². The van der Waals surface area contributed by atoms with Crippen molar-refractivity contribution in [3.05, 3.63) is 24.3 Å². The molecule has 0 saturated carbocycles. The Labute approximate surface area is 164 Å². The fourth-order valence-electron chi connectivity index (χ4n) is 3.47. The second-order valence-electron chi connectivity index (χ2n) is 7.46. The van der Waals surface area contributed by atoms with Gasteiger partial charge in [-0.25, -0.2) is 4.79 Å². The van der Waals surface area contributed by atoms with Crippen molar-refractivity contribution in [2.45, 2.75) is 64.7 Å². The maximum absolute atomic E-state index is 11.9. The van der Waals surface area contributed by atoms with E-state index in [2.05, 4.69) is 12.2 Å². The number of hydrogen-bond donors (Lipinski definition) is 2. The molecular weight excluding hydrogens is 340 g/mol. The van der Waals surface area contributed by atoms with Crippen LogP contribution in [-0.2, 0) is 4.74 Å². The molecule has 1 saturated heterocycles. The van der Waals surface area contributed by atoms with E-state index in [1.807, 2.05) is 24.3 Å². The minimum atomic E-state index is -0.381. The molecule has 2 rings (SSSR count). The molecule has 1 aromatic rings. The predicted octanol–water partition coefficient (Wildman–Crippen LogP) is 4.04. The first-order chi connectivity index (χ1) is 13.3. The van der Waals surface area contributed by atoms with Gasteiger partial charge in [0.05, 0.1) is 32.8 Å². The lowest BCUT2D eigenvalue weighted by atomic mass is 10.1. The van der Waals surface area contributed by atoms with Gasteiger partial charge in [-0.2, -0.15) is 0 Å². The number of ether oxygens (including phenoxy) is 2. The Kier molecular flexibility index (Phi) is 10.7. The van der Waals surface area contributed by atoms with Crippen LogP contribution in [-0.4, -0.2) is 38.9 Å². The van der Waals surface area contributed by atoms with Crippen LogP contribution >= 0.6 is 0 Å². The second kappa shape index (κ2) is 13.4. The molecular formula is C22H37N2O3+. The topological polar surface area (TPSA) is 52.0 Å². The Hall–Kier alpha value is -1.75. The molecule has 1 aromatic carbocycles. The normalized spacial score (nSPS) is 14.7. The van der Waals surface area contributed by atoms with Gasteiger partial charge in [-0.15, -0.1) is 0 Å². The van der Waals surface area contributed by atoms with Crippen LogP contribution in [0.5, 0.6) is 5.75 Å². The van der Waals surface area contributed by atoms with E-state index in [9.17, 15) is 4.79 Å². The zero-order valence-electron chi connectivity index (χ0n) is 16.9. The SMILES string of the molecule is CCCCCCCOc1ccc(NC(=O)OCCC[NH+]2CCCCC2)cc1. The fourth-order valence-corrected chi connectivity index (χ4v) is 3.47. The van der Waals surface area contributed by atoms with E-state index in [0.29, 0.717) is 6.61 Å². The number of benzene rings is 1. The van der Waals surface area contributed by atoms with E-state index < -0.39 is 0 Å². The molecule has 0 aliphatic carbocycles. The number of unbranched alkanes of at least 4 members (excludes halogenated alkanes) is 4. The molecule has 152 valence electrons. The highest BCUT2D eigenvalue weighted by molar-refractivity contribution is 5.84. The highest BCUT2D eigenvalue weighted by atomic mass is 16.5.